The second-order valence-corrected chi connectivity index (χ2v) is 4.60. The molecule has 0 aliphatic heterocycles. The average Bonchev–Trinajstić information content (AvgIpc) is 2.38. The van der Waals surface area contributed by atoms with E-state index < -0.39 is 11.1 Å². The number of oxime groups is 1. The van der Waals surface area contributed by atoms with E-state index in [1.165, 1.54) is 6.08 Å². The molecule has 1 aromatic carbocycles. The molecule has 0 heterocycles. The summed E-state index contributed by atoms with van der Waals surface area (Å²) in [7, 11) is 3.81. The van der Waals surface area contributed by atoms with E-state index in [1.807, 2.05) is 43.3 Å². The van der Waals surface area contributed by atoms with Gasteiger partial charge in [-0.2, -0.15) is 0 Å². The summed E-state index contributed by atoms with van der Waals surface area (Å²) < 4.78 is 19.1. The van der Waals surface area contributed by atoms with E-state index in [4.69, 9.17) is 10.9 Å². The predicted molar refractivity (Wildman–Crippen MR) is 77.3 cm³/mol. The van der Waals surface area contributed by atoms with Crippen molar-refractivity contribution in [2.75, 3.05) is 24.7 Å². The Bertz CT molecular complexity index is 461. The number of amidine groups is 1. The first-order chi connectivity index (χ1) is 8.93. The molecule has 106 valence electrons. The normalized spacial score (nSPS) is 12.1. The fourth-order valence-corrected chi connectivity index (χ4v) is 1.42. The molecule has 0 aliphatic rings. The largest absolute Gasteiger partial charge is 0.772 e. The minimum atomic E-state index is -1.93. The van der Waals surface area contributed by atoms with Gasteiger partial charge < -0.3 is 20.4 Å². The molecule has 1 rings (SSSR count). The predicted octanol–water partition coefficient (Wildman–Crippen LogP) is 0.899. The van der Waals surface area contributed by atoms with Crippen molar-refractivity contribution in [1.82, 2.24) is 0 Å². The van der Waals surface area contributed by atoms with Crippen molar-refractivity contribution in [3.05, 3.63) is 42.5 Å². The summed E-state index contributed by atoms with van der Waals surface area (Å²) in [5.41, 5.74) is 7.17. The van der Waals surface area contributed by atoms with E-state index in [0.717, 1.165) is 11.3 Å². The van der Waals surface area contributed by atoms with Crippen LogP contribution >= 0.6 is 0 Å². The average molecular weight is 284 g/mol. The quantitative estimate of drug-likeness (QED) is 0.213. The van der Waals surface area contributed by atoms with E-state index in [1.54, 1.807) is 0 Å². The van der Waals surface area contributed by atoms with Crippen LogP contribution in [0.1, 0.15) is 5.56 Å². The summed E-state index contributed by atoms with van der Waals surface area (Å²) in [6, 6.07) is 7.47. The van der Waals surface area contributed by atoms with Crippen molar-refractivity contribution < 1.29 is 14.0 Å². The molecule has 0 radical (unpaired) electrons. The number of para-hydroxylation sites is 1. The van der Waals surface area contributed by atoms with Crippen molar-refractivity contribution in [2.24, 2.45) is 10.9 Å². The Morgan fingerprint density at radius 3 is 2.53 bits per heavy atom. The Morgan fingerprint density at radius 2 is 2.16 bits per heavy atom. The minimum absolute atomic E-state index is 0.0556. The lowest BCUT2D eigenvalue weighted by Crippen LogP contribution is -2.19. The van der Waals surface area contributed by atoms with Crippen LogP contribution in [0.25, 0.3) is 0 Å². The van der Waals surface area contributed by atoms with E-state index in [0.29, 0.717) is 0 Å². The van der Waals surface area contributed by atoms with Crippen molar-refractivity contribution >= 4 is 22.6 Å². The second kappa shape index (κ2) is 9.12. The molecule has 3 N–H and O–H groups in total. The standard InChI is InChI=1S/C9H13N3O.C3H6O2S/c1-12(2)8-6-4-3-5-7(8)9(10)11-13;1-2-3-6(4)5/h3-6,13H,1-2H3,(H2,10,11);2H,1,3H2,(H,4,5)/p-1. The molecule has 0 bridgehead atoms. The van der Waals surface area contributed by atoms with Gasteiger partial charge in [-0.25, -0.2) is 0 Å². The van der Waals surface area contributed by atoms with Crippen molar-refractivity contribution in [3.8, 4) is 0 Å². The number of nitrogens with two attached hydrogens (primary N) is 1. The molecule has 7 heteroatoms. The Labute approximate surface area is 115 Å². The number of anilines is 1. The highest BCUT2D eigenvalue weighted by Crippen LogP contribution is 2.16. The van der Waals surface area contributed by atoms with Gasteiger partial charge in [0.1, 0.15) is 0 Å². The highest BCUT2D eigenvalue weighted by Gasteiger charge is 2.06. The van der Waals surface area contributed by atoms with Crippen LogP contribution in [-0.2, 0) is 11.1 Å². The first kappa shape index (κ1) is 17.1. The van der Waals surface area contributed by atoms with Gasteiger partial charge in [0, 0.05) is 31.1 Å². The molecule has 0 spiro atoms. The van der Waals surface area contributed by atoms with Crippen LogP contribution in [0.2, 0.25) is 0 Å². The molecule has 19 heavy (non-hydrogen) atoms. The third kappa shape index (κ3) is 6.58. The van der Waals surface area contributed by atoms with Gasteiger partial charge in [-0.05, 0) is 12.1 Å². The van der Waals surface area contributed by atoms with Crippen LogP contribution in [0.4, 0.5) is 5.69 Å². The lowest BCUT2D eigenvalue weighted by molar-refractivity contribution is 0.318. The van der Waals surface area contributed by atoms with Gasteiger partial charge in [0.15, 0.2) is 5.84 Å². The maximum atomic E-state index is 9.53. The molecule has 0 saturated carbocycles. The lowest BCUT2D eigenvalue weighted by Gasteiger charge is -2.15. The lowest BCUT2D eigenvalue weighted by atomic mass is 10.1. The van der Waals surface area contributed by atoms with Crippen LogP contribution in [0, 0.1) is 0 Å². The van der Waals surface area contributed by atoms with Gasteiger partial charge in [0.05, 0.1) is 0 Å². The van der Waals surface area contributed by atoms with Gasteiger partial charge >= 0.3 is 0 Å². The summed E-state index contributed by atoms with van der Waals surface area (Å²) in [6.07, 6.45) is 1.34. The number of benzene rings is 1. The van der Waals surface area contributed by atoms with Crippen LogP contribution in [0.5, 0.6) is 0 Å². The maximum absolute atomic E-state index is 9.53. The summed E-state index contributed by atoms with van der Waals surface area (Å²) in [5.74, 6) is 0.185. The van der Waals surface area contributed by atoms with Crippen LogP contribution in [-0.4, -0.2) is 39.7 Å². The summed E-state index contributed by atoms with van der Waals surface area (Å²) in [6.45, 7) is 3.21. The molecule has 0 aromatic heterocycles. The molecular formula is C12H18N3O3S-. The topological polar surface area (TPSA) is 102 Å². The Morgan fingerprint density at radius 1 is 1.58 bits per heavy atom. The number of rotatable bonds is 4. The molecule has 6 nitrogen and oxygen atoms in total. The highest BCUT2D eigenvalue weighted by atomic mass is 32.2. The molecule has 1 atom stereocenters. The van der Waals surface area contributed by atoms with Gasteiger partial charge in [-0.15, -0.1) is 6.58 Å². The molecule has 0 saturated heterocycles. The van der Waals surface area contributed by atoms with E-state index >= 15 is 0 Å². The van der Waals surface area contributed by atoms with E-state index in [-0.39, 0.29) is 11.6 Å². The van der Waals surface area contributed by atoms with E-state index in [9.17, 15) is 8.76 Å². The van der Waals surface area contributed by atoms with Crippen molar-refractivity contribution in [2.45, 2.75) is 0 Å². The molecule has 0 amide bonds. The molecule has 0 fully saturated rings. The van der Waals surface area contributed by atoms with E-state index in [2.05, 4.69) is 11.7 Å². The van der Waals surface area contributed by atoms with Crippen molar-refractivity contribution in [1.29, 1.82) is 0 Å². The van der Waals surface area contributed by atoms with Crippen LogP contribution in [0.3, 0.4) is 0 Å². The Hall–Kier alpha value is -1.86. The molecule has 0 aliphatic carbocycles. The number of hydrogen-bond donors (Lipinski definition) is 2. The highest BCUT2D eigenvalue weighted by molar-refractivity contribution is 7.79. The fourth-order valence-electron chi connectivity index (χ4n) is 1.23. The molecule has 1 unspecified atom stereocenters. The zero-order valence-corrected chi connectivity index (χ0v) is 11.8. The minimum Gasteiger partial charge on any atom is -0.772 e. The monoisotopic (exact) mass is 284 g/mol. The maximum Gasteiger partial charge on any atom is 0.172 e. The zero-order chi connectivity index (χ0) is 14.8. The van der Waals surface area contributed by atoms with Gasteiger partial charge in [-0.3, -0.25) is 4.21 Å². The summed E-state index contributed by atoms with van der Waals surface area (Å²) >= 11 is -1.93. The SMILES string of the molecule is C=CCS(=O)[O-].CN(C)c1ccccc1C(N)=NO. The summed E-state index contributed by atoms with van der Waals surface area (Å²) in [5, 5.41) is 11.5. The van der Waals surface area contributed by atoms with Gasteiger partial charge in [0.25, 0.3) is 0 Å². The second-order valence-electron chi connectivity index (χ2n) is 3.66. The summed E-state index contributed by atoms with van der Waals surface area (Å²) in [4.78, 5) is 1.91. The number of nitrogens with zero attached hydrogens (tertiary/aromatic N) is 2. The van der Waals surface area contributed by atoms with Crippen LogP contribution < -0.4 is 10.6 Å². The Balaban J connectivity index is 0.000000459. The molecule has 1 aromatic rings. The first-order valence-corrected chi connectivity index (χ1v) is 6.59. The zero-order valence-electron chi connectivity index (χ0n) is 10.9. The van der Waals surface area contributed by atoms with Crippen LogP contribution in [0.15, 0.2) is 42.1 Å². The third-order valence-corrected chi connectivity index (χ3v) is 2.53. The first-order valence-electron chi connectivity index (χ1n) is 5.35. The third-order valence-electron chi connectivity index (χ3n) is 2.02. The Kier molecular flexibility index (Phi) is 8.23. The van der Waals surface area contributed by atoms with Gasteiger partial charge in [0.2, 0.25) is 0 Å². The van der Waals surface area contributed by atoms with Gasteiger partial charge in [-0.1, -0.05) is 34.4 Å². The smallest absolute Gasteiger partial charge is 0.172 e. The number of hydrogen-bond acceptors (Lipinski definition) is 5. The molecular weight excluding hydrogens is 266 g/mol. The van der Waals surface area contributed by atoms with Crippen molar-refractivity contribution in [3.63, 3.8) is 0 Å². The fraction of sp³-hybridized carbons (Fsp3) is 0.250.